The minimum atomic E-state index is -4.69. The Kier molecular flexibility index (Phi) is 11.9. The summed E-state index contributed by atoms with van der Waals surface area (Å²) in [7, 11) is 0. The molecule has 0 aliphatic carbocycles. The SMILES string of the molecule is CCCCC(C(=O)O)C1CCN(Cc2cccc(OC(F)(F)F)c2)CC1.Cl.Cl. The molecule has 1 saturated heterocycles. The molecule has 1 aromatic carbocycles. The van der Waals surface area contributed by atoms with E-state index < -0.39 is 12.3 Å². The van der Waals surface area contributed by atoms with Gasteiger partial charge in [-0.2, -0.15) is 0 Å². The number of carbonyl (C=O) groups is 1. The van der Waals surface area contributed by atoms with Gasteiger partial charge in [-0.25, -0.2) is 0 Å². The van der Waals surface area contributed by atoms with Crippen molar-refractivity contribution in [3.8, 4) is 5.75 Å². The van der Waals surface area contributed by atoms with Crippen LogP contribution in [0.3, 0.4) is 0 Å². The highest BCUT2D eigenvalue weighted by atomic mass is 35.5. The van der Waals surface area contributed by atoms with E-state index in [0.717, 1.165) is 44.3 Å². The average Bonchev–Trinajstić information content (AvgIpc) is 2.55. The molecule has 1 fully saturated rings. The fraction of sp³-hybridized carbons (Fsp3) is 0.632. The Balaban J connectivity index is 0.00000364. The number of ether oxygens (including phenoxy) is 1. The summed E-state index contributed by atoms with van der Waals surface area (Å²) < 4.78 is 40.9. The molecule has 0 bridgehead atoms. The van der Waals surface area contributed by atoms with Crippen molar-refractivity contribution in [3.63, 3.8) is 0 Å². The van der Waals surface area contributed by atoms with E-state index in [0.29, 0.717) is 13.0 Å². The molecule has 0 amide bonds. The number of halogens is 5. The van der Waals surface area contributed by atoms with Crippen molar-refractivity contribution in [2.24, 2.45) is 11.8 Å². The third kappa shape index (κ3) is 8.88. The first-order valence-electron chi connectivity index (χ1n) is 9.08. The number of likely N-dealkylation sites (tertiary alicyclic amines) is 1. The summed E-state index contributed by atoms with van der Waals surface area (Å²) in [6.07, 6.45) is -0.463. The van der Waals surface area contributed by atoms with Gasteiger partial charge in [0, 0.05) is 6.54 Å². The Labute approximate surface area is 176 Å². The first-order chi connectivity index (χ1) is 12.3. The first-order valence-corrected chi connectivity index (χ1v) is 9.08. The quantitative estimate of drug-likeness (QED) is 0.571. The Hall–Kier alpha value is -1.18. The molecule has 1 unspecified atom stereocenters. The molecule has 28 heavy (non-hydrogen) atoms. The van der Waals surface area contributed by atoms with Crippen molar-refractivity contribution in [1.82, 2.24) is 4.90 Å². The molecule has 1 atom stereocenters. The second-order valence-electron chi connectivity index (χ2n) is 6.90. The molecular weight excluding hydrogens is 418 g/mol. The van der Waals surface area contributed by atoms with Gasteiger partial charge in [-0.05, 0) is 56.0 Å². The third-order valence-electron chi connectivity index (χ3n) is 4.93. The van der Waals surface area contributed by atoms with Crippen LogP contribution >= 0.6 is 24.8 Å². The summed E-state index contributed by atoms with van der Waals surface area (Å²) >= 11 is 0. The zero-order chi connectivity index (χ0) is 19.2. The molecule has 0 aromatic heterocycles. The van der Waals surface area contributed by atoms with Gasteiger partial charge in [0.25, 0.3) is 0 Å². The smallest absolute Gasteiger partial charge is 0.481 e. The van der Waals surface area contributed by atoms with Gasteiger partial charge in [0.05, 0.1) is 5.92 Å². The fourth-order valence-corrected chi connectivity index (χ4v) is 3.60. The van der Waals surface area contributed by atoms with Gasteiger partial charge in [-0.1, -0.05) is 31.9 Å². The van der Waals surface area contributed by atoms with Crippen LogP contribution in [0, 0.1) is 11.8 Å². The first kappa shape index (κ1) is 26.8. The van der Waals surface area contributed by atoms with E-state index >= 15 is 0 Å². The molecule has 0 saturated carbocycles. The van der Waals surface area contributed by atoms with Gasteiger partial charge in [-0.3, -0.25) is 9.69 Å². The number of piperidine rings is 1. The lowest BCUT2D eigenvalue weighted by Crippen LogP contribution is -2.37. The van der Waals surface area contributed by atoms with E-state index in [1.165, 1.54) is 12.1 Å². The van der Waals surface area contributed by atoms with E-state index in [-0.39, 0.29) is 42.4 Å². The topological polar surface area (TPSA) is 49.8 Å². The van der Waals surface area contributed by atoms with Crippen LogP contribution in [-0.4, -0.2) is 35.4 Å². The zero-order valence-electron chi connectivity index (χ0n) is 15.8. The van der Waals surface area contributed by atoms with Crippen LogP contribution in [-0.2, 0) is 11.3 Å². The van der Waals surface area contributed by atoms with Gasteiger partial charge >= 0.3 is 12.3 Å². The number of alkyl halides is 3. The highest BCUT2D eigenvalue weighted by molar-refractivity contribution is 5.85. The van der Waals surface area contributed by atoms with Crippen LogP contribution < -0.4 is 4.74 Å². The summed E-state index contributed by atoms with van der Waals surface area (Å²) in [5.41, 5.74) is 0.756. The van der Waals surface area contributed by atoms with Gasteiger partial charge in [-0.15, -0.1) is 38.0 Å². The number of aliphatic carboxylic acids is 1. The molecule has 4 nitrogen and oxygen atoms in total. The van der Waals surface area contributed by atoms with E-state index in [2.05, 4.69) is 16.6 Å². The predicted molar refractivity (Wildman–Crippen MR) is 106 cm³/mol. The summed E-state index contributed by atoms with van der Waals surface area (Å²) in [4.78, 5) is 13.7. The number of nitrogens with zero attached hydrogens (tertiary/aromatic N) is 1. The number of carboxylic acids is 1. The van der Waals surface area contributed by atoms with E-state index in [4.69, 9.17) is 0 Å². The minimum Gasteiger partial charge on any atom is -0.481 e. The highest BCUT2D eigenvalue weighted by Gasteiger charge is 2.32. The number of hydrogen-bond acceptors (Lipinski definition) is 3. The maximum absolute atomic E-state index is 12.3. The maximum atomic E-state index is 12.3. The van der Waals surface area contributed by atoms with Crippen molar-refractivity contribution in [2.75, 3.05) is 13.1 Å². The van der Waals surface area contributed by atoms with Crippen molar-refractivity contribution in [1.29, 1.82) is 0 Å². The lowest BCUT2D eigenvalue weighted by Gasteiger charge is -2.34. The predicted octanol–water partition coefficient (Wildman–Crippen LogP) is 5.53. The minimum absolute atomic E-state index is 0. The third-order valence-corrected chi connectivity index (χ3v) is 4.93. The monoisotopic (exact) mass is 445 g/mol. The molecule has 162 valence electrons. The number of unbranched alkanes of at least 4 members (excludes halogenated alkanes) is 1. The summed E-state index contributed by atoms with van der Waals surface area (Å²) in [5, 5.41) is 9.46. The van der Waals surface area contributed by atoms with Crippen LogP contribution in [0.5, 0.6) is 5.75 Å². The van der Waals surface area contributed by atoms with E-state index in [9.17, 15) is 23.1 Å². The number of rotatable bonds is 8. The van der Waals surface area contributed by atoms with Crippen LogP contribution in [0.2, 0.25) is 0 Å². The van der Waals surface area contributed by atoms with Gasteiger partial charge < -0.3 is 9.84 Å². The Morgan fingerprint density at radius 1 is 1.29 bits per heavy atom. The fourth-order valence-electron chi connectivity index (χ4n) is 3.60. The lowest BCUT2D eigenvalue weighted by molar-refractivity contribution is -0.274. The second-order valence-corrected chi connectivity index (χ2v) is 6.90. The molecule has 0 radical (unpaired) electrons. The maximum Gasteiger partial charge on any atom is 0.573 e. The molecule has 2 rings (SSSR count). The van der Waals surface area contributed by atoms with Crippen molar-refractivity contribution < 1.29 is 27.8 Å². The van der Waals surface area contributed by atoms with Gasteiger partial charge in [0.1, 0.15) is 5.75 Å². The van der Waals surface area contributed by atoms with Crippen molar-refractivity contribution >= 4 is 30.8 Å². The summed E-state index contributed by atoms with van der Waals surface area (Å²) in [6, 6.07) is 6.01. The molecule has 1 aliphatic heterocycles. The zero-order valence-corrected chi connectivity index (χ0v) is 17.4. The Bertz CT molecular complexity index is 594. The van der Waals surface area contributed by atoms with Crippen molar-refractivity contribution in [2.45, 2.75) is 51.9 Å². The van der Waals surface area contributed by atoms with Gasteiger partial charge in [0.15, 0.2) is 0 Å². The lowest BCUT2D eigenvalue weighted by atomic mass is 9.81. The molecule has 1 N–H and O–H groups in total. The molecular formula is C19H28Cl2F3NO3. The summed E-state index contributed by atoms with van der Waals surface area (Å²) in [6.45, 7) is 4.10. The Morgan fingerprint density at radius 3 is 2.46 bits per heavy atom. The highest BCUT2D eigenvalue weighted by Crippen LogP contribution is 2.30. The molecule has 9 heteroatoms. The molecule has 1 heterocycles. The number of carboxylic acid groups (broad SMARTS) is 1. The van der Waals surface area contributed by atoms with Crippen LogP contribution in [0.15, 0.2) is 24.3 Å². The number of benzene rings is 1. The number of hydrogen-bond donors (Lipinski definition) is 1. The largest absolute Gasteiger partial charge is 0.573 e. The summed E-state index contributed by atoms with van der Waals surface area (Å²) in [5.74, 6) is -1.04. The standard InChI is InChI=1S/C19H26F3NO3.2ClH/c1-2-3-7-17(18(24)25)15-8-10-23(11-9-15)13-14-5-4-6-16(12-14)26-19(20,21)22;;/h4-6,12,15,17H,2-3,7-11,13H2,1H3,(H,24,25);2*1H. The molecule has 1 aromatic rings. The van der Waals surface area contributed by atoms with E-state index in [1.807, 2.05) is 0 Å². The van der Waals surface area contributed by atoms with E-state index in [1.54, 1.807) is 12.1 Å². The normalized spacial score (nSPS) is 16.6. The van der Waals surface area contributed by atoms with Crippen LogP contribution in [0.4, 0.5) is 13.2 Å². The molecule has 1 aliphatic rings. The second kappa shape index (κ2) is 12.4. The Morgan fingerprint density at radius 2 is 1.93 bits per heavy atom. The van der Waals surface area contributed by atoms with Crippen molar-refractivity contribution in [3.05, 3.63) is 29.8 Å². The average molecular weight is 446 g/mol. The van der Waals surface area contributed by atoms with Gasteiger partial charge in [0.2, 0.25) is 0 Å². The van der Waals surface area contributed by atoms with Crippen LogP contribution in [0.25, 0.3) is 0 Å². The van der Waals surface area contributed by atoms with Crippen LogP contribution in [0.1, 0.15) is 44.6 Å². The molecule has 0 spiro atoms.